The summed E-state index contributed by atoms with van der Waals surface area (Å²) in [6, 6.07) is 0. The third-order valence-corrected chi connectivity index (χ3v) is 5.15. The fourth-order valence-electron chi connectivity index (χ4n) is 2.94. The van der Waals surface area contributed by atoms with Crippen LogP contribution in [0.3, 0.4) is 0 Å². The Morgan fingerprint density at radius 3 is 1.35 bits per heavy atom. The van der Waals surface area contributed by atoms with E-state index in [4.69, 9.17) is 0 Å². The van der Waals surface area contributed by atoms with Crippen LogP contribution in [-0.2, 0) is 9.59 Å². The first kappa shape index (κ1) is 13.1. The summed E-state index contributed by atoms with van der Waals surface area (Å²) in [5, 5.41) is 0.306. The fourth-order valence-corrected chi connectivity index (χ4v) is 3.95. The second-order valence-electron chi connectivity index (χ2n) is 5.41. The largest absolute Gasteiger partial charge is 0.286 e. The number of carbonyl (C=O) groups excluding carboxylic acids is 2. The first-order valence-electron chi connectivity index (χ1n) is 7.03. The van der Waals surface area contributed by atoms with Gasteiger partial charge in [0.25, 0.3) is 0 Å². The average molecular weight is 254 g/mol. The Kier molecular flexibility index (Phi) is 5.08. The minimum Gasteiger partial charge on any atom is -0.286 e. The predicted molar refractivity (Wildman–Crippen MR) is 70.8 cm³/mol. The normalized spacial score (nSPS) is 23.5. The third kappa shape index (κ3) is 3.84. The second-order valence-corrected chi connectivity index (χ2v) is 6.42. The van der Waals surface area contributed by atoms with E-state index in [1.807, 2.05) is 0 Å². The molecule has 0 aromatic rings. The fraction of sp³-hybridized carbons (Fsp3) is 0.857. The van der Waals surface area contributed by atoms with E-state index < -0.39 is 0 Å². The van der Waals surface area contributed by atoms with Crippen LogP contribution in [-0.4, -0.2) is 10.2 Å². The second kappa shape index (κ2) is 6.58. The average Bonchev–Trinajstić information content (AvgIpc) is 2.40. The van der Waals surface area contributed by atoms with Crippen LogP contribution in [0.4, 0.5) is 0 Å². The standard InChI is InChI=1S/C14H22O2S/c15-13(11-7-3-1-4-8-11)17-14(16)12-9-5-2-6-10-12/h11-12H,1-10H2. The molecule has 17 heavy (non-hydrogen) atoms. The maximum atomic E-state index is 12.0. The molecule has 0 aliphatic heterocycles. The highest BCUT2D eigenvalue weighted by molar-refractivity contribution is 8.26. The Morgan fingerprint density at radius 2 is 1.00 bits per heavy atom. The molecule has 0 amide bonds. The Bertz CT molecular complexity index is 248. The van der Waals surface area contributed by atoms with Gasteiger partial charge in [0.15, 0.2) is 10.2 Å². The molecule has 3 heteroatoms. The van der Waals surface area contributed by atoms with Crippen LogP contribution in [0.25, 0.3) is 0 Å². The molecule has 2 aliphatic carbocycles. The van der Waals surface area contributed by atoms with E-state index in [9.17, 15) is 9.59 Å². The molecule has 0 bridgehead atoms. The molecule has 96 valence electrons. The molecule has 0 aromatic heterocycles. The van der Waals surface area contributed by atoms with Crippen LogP contribution < -0.4 is 0 Å². The monoisotopic (exact) mass is 254 g/mol. The summed E-state index contributed by atoms with van der Waals surface area (Å²) in [6.45, 7) is 0. The van der Waals surface area contributed by atoms with Gasteiger partial charge in [0.1, 0.15) is 0 Å². The van der Waals surface area contributed by atoms with Crippen LogP contribution in [0, 0.1) is 11.8 Å². The van der Waals surface area contributed by atoms with Crippen LogP contribution in [0.1, 0.15) is 64.2 Å². The summed E-state index contributed by atoms with van der Waals surface area (Å²) in [6.07, 6.45) is 11.2. The summed E-state index contributed by atoms with van der Waals surface area (Å²) >= 11 is 1.03. The van der Waals surface area contributed by atoms with E-state index in [0.29, 0.717) is 0 Å². The third-order valence-electron chi connectivity index (χ3n) is 4.08. The van der Waals surface area contributed by atoms with Crippen molar-refractivity contribution in [1.29, 1.82) is 0 Å². The molecule has 0 spiro atoms. The summed E-state index contributed by atoms with van der Waals surface area (Å²) in [4.78, 5) is 24.0. The van der Waals surface area contributed by atoms with Crippen LogP contribution >= 0.6 is 11.8 Å². The zero-order valence-corrected chi connectivity index (χ0v) is 11.3. The minimum atomic E-state index is 0.153. The molecular weight excluding hydrogens is 232 g/mol. The Morgan fingerprint density at radius 1 is 0.647 bits per heavy atom. The van der Waals surface area contributed by atoms with Crippen LogP contribution in [0.2, 0.25) is 0 Å². The van der Waals surface area contributed by atoms with Gasteiger partial charge in [0.05, 0.1) is 0 Å². The zero-order chi connectivity index (χ0) is 12.1. The zero-order valence-electron chi connectivity index (χ0n) is 10.5. The highest BCUT2D eigenvalue weighted by atomic mass is 32.2. The molecule has 2 saturated carbocycles. The van der Waals surface area contributed by atoms with Gasteiger partial charge in [-0.1, -0.05) is 38.5 Å². The highest BCUT2D eigenvalue weighted by Crippen LogP contribution is 2.32. The van der Waals surface area contributed by atoms with E-state index >= 15 is 0 Å². The van der Waals surface area contributed by atoms with Gasteiger partial charge in [-0.05, 0) is 37.4 Å². The van der Waals surface area contributed by atoms with Gasteiger partial charge in [0, 0.05) is 11.8 Å². The van der Waals surface area contributed by atoms with Crippen molar-refractivity contribution < 1.29 is 9.59 Å². The first-order valence-corrected chi connectivity index (χ1v) is 7.84. The molecular formula is C14H22O2S. The van der Waals surface area contributed by atoms with Crippen molar-refractivity contribution in [2.45, 2.75) is 64.2 Å². The molecule has 0 saturated heterocycles. The van der Waals surface area contributed by atoms with E-state index in [1.165, 1.54) is 12.8 Å². The molecule has 0 aromatic carbocycles. The highest BCUT2D eigenvalue weighted by Gasteiger charge is 2.28. The van der Waals surface area contributed by atoms with Crippen molar-refractivity contribution in [1.82, 2.24) is 0 Å². The molecule has 2 nitrogen and oxygen atoms in total. The lowest BCUT2D eigenvalue weighted by molar-refractivity contribution is -0.117. The topological polar surface area (TPSA) is 34.1 Å². The number of thioether (sulfide) groups is 1. The molecule has 0 unspecified atom stereocenters. The molecule has 0 atom stereocenters. The van der Waals surface area contributed by atoms with Gasteiger partial charge in [-0.3, -0.25) is 9.59 Å². The SMILES string of the molecule is O=C(SC(=O)C1CCCCC1)C1CCCCC1. The number of carbonyl (C=O) groups is 2. The van der Waals surface area contributed by atoms with Gasteiger partial charge in [0.2, 0.25) is 0 Å². The maximum Gasteiger partial charge on any atom is 0.199 e. The smallest absolute Gasteiger partial charge is 0.199 e. The van der Waals surface area contributed by atoms with Crippen molar-refractivity contribution >= 4 is 22.0 Å². The molecule has 0 N–H and O–H groups in total. The van der Waals surface area contributed by atoms with Crippen molar-refractivity contribution in [2.24, 2.45) is 11.8 Å². The van der Waals surface area contributed by atoms with E-state index in [0.717, 1.165) is 63.1 Å². The van der Waals surface area contributed by atoms with Crippen molar-refractivity contribution in [3.05, 3.63) is 0 Å². The van der Waals surface area contributed by atoms with Gasteiger partial charge < -0.3 is 0 Å². The van der Waals surface area contributed by atoms with Crippen molar-refractivity contribution in [3.8, 4) is 0 Å². The molecule has 2 rings (SSSR count). The number of rotatable bonds is 2. The Labute approximate surface area is 108 Å². The van der Waals surface area contributed by atoms with Gasteiger partial charge in [-0.15, -0.1) is 0 Å². The first-order chi connectivity index (χ1) is 8.27. The van der Waals surface area contributed by atoms with Crippen molar-refractivity contribution in [2.75, 3.05) is 0 Å². The summed E-state index contributed by atoms with van der Waals surface area (Å²) in [7, 11) is 0. The lowest BCUT2D eigenvalue weighted by Crippen LogP contribution is -2.20. The lowest BCUT2D eigenvalue weighted by Gasteiger charge is -2.22. The minimum absolute atomic E-state index is 0.153. The molecule has 0 radical (unpaired) electrons. The predicted octanol–water partition coefficient (Wildman–Crippen LogP) is 3.93. The lowest BCUT2D eigenvalue weighted by atomic mass is 9.90. The number of hydrogen-bond donors (Lipinski definition) is 0. The summed E-state index contributed by atoms with van der Waals surface area (Å²) in [5.74, 6) is 0.336. The van der Waals surface area contributed by atoms with Crippen molar-refractivity contribution in [3.63, 3.8) is 0 Å². The summed E-state index contributed by atoms with van der Waals surface area (Å²) in [5.41, 5.74) is 0. The van der Waals surface area contributed by atoms with Gasteiger partial charge in [-0.25, -0.2) is 0 Å². The van der Waals surface area contributed by atoms with Crippen LogP contribution in [0.5, 0.6) is 0 Å². The number of hydrogen-bond acceptors (Lipinski definition) is 3. The van der Waals surface area contributed by atoms with Gasteiger partial charge >= 0.3 is 0 Å². The Hall–Kier alpha value is -0.310. The quantitative estimate of drug-likeness (QED) is 0.748. The molecule has 2 fully saturated rings. The van der Waals surface area contributed by atoms with E-state index in [-0.39, 0.29) is 22.1 Å². The molecule has 0 heterocycles. The Balaban J connectivity index is 1.78. The summed E-state index contributed by atoms with van der Waals surface area (Å²) < 4.78 is 0. The van der Waals surface area contributed by atoms with Gasteiger partial charge in [-0.2, -0.15) is 0 Å². The maximum absolute atomic E-state index is 12.0. The van der Waals surface area contributed by atoms with E-state index in [1.54, 1.807) is 0 Å². The molecule has 2 aliphatic rings. The van der Waals surface area contributed by atoms with E-state index in [2.05, 4.69) is 0 Å². The van der Waals surface area contributed by atoms with Crippen LogP contribution in [0.15, 0.2) is 0 Å².